The zero-order chi connectivity index (χ0) is 19.9. The monoisotopic (exact) mass is 379 g/mol. The lowest BCUT2D eigenvalue weighted by Crippen LogP contribution is -2.28. The summed E-state index contributed by atoms with van der Waals surface area (Å²) in [4.78, 5) is 16.9. The minimum Gasteiger partial charge on any atom is -0.493 e. The van der Waals surface area contributed by atoms with E-state index < -0.39 is 0 Å². The first-order valence-electron chi connectivity index (χ1n) is 9.25. The maximum atomic E-state index is 12.4. The van der Waals surface area contributed by atoms with E-state index in [4.69, 9.17) is 9.47 Å². The van der Waals surface area contributed by atoms with Crippen molar-refractivity contribution in [3.05, 3.63) is 59.9 Å². The minimum absolute atomic E-state index is 0.138. The zero-order valence-electron chi connectivity index (χ0n) is 16.4. The lowest BCUT2D eigenvalue weighted by molar-refractivity contribution is -0.115. The maximum Gasteiger partial charge on any atom is 0.238 e. The number of nitrogens with one attached hydrogen (secondary N) is 2. The molecule has 2 N–H and O–H groups in total. The van der Waals surface area contributed by atoms with Gasteiger partial charge >= 0.3 is 0 Å². The molecule has 0 unspecified atom stereocenters. The number of pyridine rings is 1. The molecule has 1 heterocycles. The highest BCUT2D eigenvalue weighted by molar-refractivity contribution is 5.95. The molecule has 3 aromatic rings. The highest BCUT2D eigenvalue weighted by Gasteiger charge is 2.18. The van der Waals surface area contributed by atoms with Crippen LogP contribution in [-0.4, -0.2) is 38.2 Å². The molecule has 6 nitrogen and oxygen atoms in total. The van der Waals surface area contributed by atoms with Gasteiger partial charge in [-0.15, -0.1) is 0 Å². The van der Waals surface area contributed by atoms with Crippen molar-refractivity contribution in [2.45, 2.75) is 13.3 Å². The average Bonchev–Trinajstić information content (AvgIpc) is 2.73. The molecule has 1 aromatic heterocycles. The van der Waals surface area contributed by atoms with Gasteiger partial charge in [-0.3, -0.25) is 9.78 Å². The van der Waals surface area contributed by atoms with Crippen LogP contribution in [-0.2, 0) is 11.2 Å². The summed E-state index contributed by atoms with van der Waals surface area (Å²) < 4.78 is 11.0. The van der Waals surface area contributed by atoms with Crippen molar-refractivity contribution in [3.8, 4) is 11.5 Å². The minimum atomic E-state index is -0.138. The van der Waals surface area contributed by atoms with Crippen molar-refractivity contribution in [2.75, 3.05) is 32.6 Å². The first kappa shape index (κ1) is 19.6. The van der Waals surface area contributed by atoms with Gasteiger partial charge in [-0.1, -0.05) is 37.3 Å². The lowest BCUT2D eigenvalue weighted by atomic mass is 10.0. The van der Waals surface area contributed by atoms with E-state index in [1.54, 1.807) is 14.2 Å². The van der Waals surface area contributed by atoms with Crippen molar-refractivity contribution >= 4 is 22.4 Å². The third-order valence-electron chi connectivity index (χ3n) is 4.55. The number of methoxy groups -OCH3 is 2. The van der Waals surface area contributed by atoms with Gasteiger partial charge in [0.2, 0.25) is 5.91 Å². The fraction of sp³-hybridized carbons (Fsp3) is 0.273. The average molecular weight is 379 g/mol. The van der Waals surface area contributed by atoms with Crippen molar-refractivity contribution in [3.63, 3.8) is 0 Å². The van der Waals surface area contributed by atoms with Crippen molar-refractivity contribution in [1.82, 2.24) is 10.3 Å². The van der Waals surface area contributed by atoms with Crippen molar-refractivity contribution in [2.24, 2.45) is 0 Å². The number of anilines is 1. The molecule has 0 spiro atoms. The van der Waals surface area contributed by atoms with Gasteiger partial charge in [0.05, 0.1) is 32.1 Å². The van der Waals surface area contributed by atoms with E-state index in [2.05, 4.69) is 27.8 Å². The number of carbonyl (C=O) groups excluding carboxylic acids is 1. The highest BCUT2D eigenvalue weighted by Crippen LogP contribution is 2.39. The van der Waals surface area contributed by atoms with Gasteiger partial charge in [0.25, 0.3) is 0 Å². The van der Waals surface area contributed by atoms with E-state index in [0.29, 0.717) is 23.6 Å². The molecule has 0 radical (unpaired) electrons. The van der Waals surface area contributed by atoms with Crippen LogP contribution < -0.4 is 20.1 Å². The van der Waals surface area contributed by atoms with Crippen LogP contribution in [0.5, 0.6) is 11.5 Å². The van der Waals surface area contributed by atoms with Gasteiger partial charge in [-0.05, 0) is 29.6 Å². The Kier molecular flexibility index (Phi) is 6.45. The number of rotatable bonds is 8. The molecule has 0 saturated heterocycles. The van der Waals surface area contributed by atoms with Crippen LogP contribution in [0.15, 0.2) is 48.7 Å². The summed E-state index contributed by atoms with van der Waals surface area (Å²) >= 11 is 0. The predicted molar refractivity (Wildman–Crippen MR) is 111 cm³/mol. The summed E-state index contributed by atoms with van der Waals surface area (Å²) in [5, 5.41) is 8.22. The SMILES string of the molecule is CCNCC(=O)Nc1c(Cc2nccc3ccccc23)ccc(OC)c1OC. The molecule has 0 aliphatic heterocycles. The number of hydrogen-bond acceptors (Lipinski definition) is 5. The van der Waals surface area contributed by atoms with Gasteiger partial charge in [0.1, 0.15) is 0 Å². The molecule has 0 atom stereocenters. The fourth-order valence-electron chi connectivity index (χ4n) is 3.18. The van der Waals surface area contributed by atoms with Crippen LogP contribution >= 0.6 is 0 Å². The Bertz CT molecular complexity index is 967. The first-order chi connectivity index (χ1) is 13.7. The number of ether oxygens (including phenoxy) is 2. The smallest absolute Gasteiger partial charge is 0.238 e. The Balaban J connectivity index is 2.02. The molecule has 146 valence electrons. The largest absolute Gasteiger partial charge is 0.493 e. The van der Waals surface area contributed by atoms with E-state index in [1.165, 1.54) is 0 Å². The van der Waals surface area contributed by atoms with Gasteiger partial charge in [-0.2, -0.15) is 0 Å². The van der Waals surface area contributed by atoms with Gasteiger partial charge < -0.3 is 20.1 Å². The number of likely N-dealkylation sites (N-methyl/N-ethyl adjacent to an activating group) is 1. The molecule has 0 bridgehead atoms. The molecule has 3 rings (SSSR count). The molecule has 1 amide bonds. The number of amides is 1. The van der Waals surface area contributed by atoms with Crippen LogP contribution in [0.2, 0.25) is 0 Å². The number of fused-ring (bicyclic) bond motifs is 1. The van der Waals surface area contributed by atoms with Gasteiger partial charge in [-0.25, -0.2) is 0 Å². The number of carbonyl (C=O) groups is 1. The lowest BCUT2D eigenvalue weighted by Gasteiger charge is -2.18. The summed E-state index contributed by atoms with van der Waals surface area (Å²) in [6.45, 7) is 2.90. The second-order valence-electron chi connectivity index (χ2n) is 6.32. The number of aromatic nitrogens is 1. The van der Waals surface area contributed by atoms with E-state index >= 15 is 0 Å². The number of nitrogens with zero attached hydrogens (tertiary/aromatic N) is 1. The van der Waals surface area contributed by atoms with E-state index in [0.717, 1.165) is 28.6 Å². The molecular weight excluding hydrogens is 354 g/mol. The highest BCUT2D eigenvalue weighted by atomic mass is 16.5. The van der Waals surface area contributed by atoms with E-state index in [-0.39, 0.29) is 12.5 Å². The van der Waals surface area contributed by atoms with Crippen LogP contribution in [0.1, 0.15) is 18.2 Å². The molecule has 0 fully saturated rings. The van der Waals surface area contributed by atoms with Crippen LogP contribution in [0.4, 0.5) is 5.69 Å². The Morgan fingerprint density at radius 1 is 1.07 bits per heavy atom. The quantitative estimate of drug-likeness (QED) is 0.628. The topological polar surface area (TPSA) is 72.5 Å². The molecule has 28 heavy (non-hydrogen) atoms. The number of hydrogen-bond donors (Lipinski definition) is 2. The molecule has 0 saturated carbocycles. The van der Waals surface area contributed by atoms with Gasteiger partial charge in [0, 0.05) is 18.0 Å². The fourth-order valence-corrected chi connectivity index (χ4v) is 3.18. The van der Waals surface area contributed by atoms with Crippen molar-refractivity contribution in [1.29, 1.82) is 0 Å². The Hall–Kier alpha value is -3.12. The molecule has 6 heteroatoms. The van der Waals surface area contributed by atoms with E-state index in [1.807, 2.05) is 43.5 Å². The summed E-state index contributed by atoms with van der Waals surface area (Å²) in [6.07, 6.45) is 2.36. The second-order valence-corrected chi connectivity index (χ2v) is 6.32. The molecular formula is C22H25N3O3. The summed E-state index contributed by atoms with van der Waals surface area (Å²) in [6, 6.07) is 13.9. The Morgan fingerprint density at radius 3 is 2.64 bits per heavy atom. The summed E-state index contributed by atoms with van der Waals surface area (Å²) in [5.74, 6) is 0.932. The molecule has 0 aliphatic rings. The summed E-state index contributed by atoms with van der Waals surface area (Å²) in [5.41, 5.74) is 2.46. The van der Waals surface area contributed by atoms with E-state index in [9.17, 15) is 4.79 Å². The Labute approximate surface area is 164 Å². The van der Waals surface area contributed by atoms with Crippen LogP contribution in [0.3, 0.4) is 0 Å². The number of benzene rings is 2. The third kappa shape index (κ3) is 4.23. The van der Waals surface area contributed by atoms with Gasteiger partial charge in [0.15, 0.2) is 11.5 Å². The maximum absolute atomic E-state index is 12.4. The van der Waals surface area contributed by atoms with Crippen molar-refractivity contribution < 1.29 is 14.3 Å². The molecule has 0 aliphatic carbocycles. The van der Waals surface area contributed by atoms with Crippen LogP contribution in [0.25, 0.3) is 10.8 Å². The Morgan fingerprint density at radius 2 is 1.89 bits per heavy atom. The normalized spacial score (nSPS) is 10.7. The second kappa shape index (κ2) is 9.19. The predicted octanol–water partition coefficient (Wildman–Crippen LogP) is 3.39. The third-order valence-corrected chi connectivity index (χ3v) is 4.55. The zero-order valence-corrected chi connectivity index (χ0v) is 16.4. The van der Waals surface area contributed by atoms with Crippen LogP contribution in [0, 0.1) is 0 Å². The first-order valence-corrected chi connectivity index (χ1v) is 9.25. The molecule has 2 aromatic carbocycles. The standard InChI is InChI=1S/C22H25N3O3/c1-4-23-14-20(26)25-21-16(9-10-19(27-2)22(21)28-3)13-18-17-8-6-5-7-15(17)11-12-24-18/h5-12,23H,4,13-14H2,1-3H3,(H,25,26). The summed E-state index contributed by atoms with van der Waals surface area (Å²) in [7, 11) is 3.14.